The summed E-state index contributed by atoms with van der Waals surface area (Å²) in [4.78, 5) is 12.4. The molecule has 0 bridgehead atoms. The van der Waals surface area contributed by atoms with Crippen molar-refractivity contribution in [2.24, 2.45) is 0 Å². The van der Waals surface area contributed by atoms with Crippen LogP contribution in [-0.4, -0.2) is 29.8 Å². The molecule has 2 N–H and O–H groups in total. The van der Waals surface area contributed by atoms with E-state index in [1.165, 1.54) is 0 Å². The topological polar surface area (TPSA) is 58.6 Å². The molecule has 0 radical (unpaired) electrons. The number of nitrogens with one attached hydrogen (secondary N) is 1. The summed E-state index contributed by atoms with van der Waals surface area (Å²) in [5, 5.41) is 13.0. The Balaban J connectivity index is 2.06. The lowest BCUT2D eigenvalue weighted by Gasteiger charge is -2.22. The van der Waals surface area contributed by atoms with Crippen molar-refractivity contribution in [3.8, 4) is 5.75 Å². The Bertz CT molecular complexity index is 487. The SMILES string of the molecule is C=CCOc1ccccc1C(=O)NC1CCCCCC1O. The highest BCUT2D eigenvalue weighted by molar-refractivity contribution is 5.97. The third kappa shape index (κ3) is 4.33. The summed E-state index contributed by atoms with van der Waals surface area (Å²) in [6.45, 7) is 3.96. The number of ether oxygens (including phenoxy) is 1. The Labute approximate surface area is 125 Å². The number of amides is 1. The third-order valence-corrected chi connectivity index (χ3v) is 3.78. The van der Waals surface area contributed by atoms with E-state index in [2.05, 4.69) is 11.9 Å². The largest absolute Gasteiger partial charge is 0.489 e. The predicted molar refractivity (Wildman–Crippen MR) is 82.5 cm³/mol. The molecule has 1 saturated carbocycles. The first-order chi connectivity index (χ1) is 10.2. The summed E-state index contributed by atoms with van der Waals surface area (Å²) in [5.41, 5.74) is 0.496. The average molecular weight is 289 g/mol. The van der Waals surface area contributed by atoms with Gasteiger partial charge in [-0.05, 0) is 25.0 Å². The quantitative estimate of drug-likeness (QED) is 0.647. The normalized spacial score (nSPS) is 22.1. The van der Waals surface area contributed by atoms with Crippen molar-refractivity contribution in [2.45, 2.75) is 44.2 Å². The molecule has 1 aliphatic rings. The summed E-state index contributed by atoms with van der Waals surface area (Å²) in [6.07, 6.45) is 5.93. The van der Waals surface area contributed by atoms with E-state index in [1.807, 2.05) is 6.07 Å². The summed E-state index contributed by atoms with van der Waals surface area (Å²) in [7, 11) is 0. The Morgan fingerprint density at radius 1 is 1.33 bits per heavy atom. The maximum atomic E-state index is 12.4. The minimum absolute atomic E-state index is 0.174. The molecular weight excluding hydrogens is 266 g/mol. The summed E-state index contributed by atoms with van der Waals surface area (Å²) < 4.78 is 5.51. The molecule has 1 aliphatic carbocycles. The van der Waals surface area contributed by atoms with Crippen molar-refractivity contribution in [1.29, 1.82) is 0 Å². The van der Waals surface area contributed by atoms with Gasteiger partial charge >= 0.3 is 0 Å². The molecule has 1 fully saturated rings. The molecule has 0 aromatic heterocycles. The molecule has 0 spiro atoms. The van der Waals surface area contributed by atoms with Crippen LogP contribution >= 0.6 is 0 Å². The van der Waals surface area contributed by atoms with E-state index in [9.17, 15) is 9.90 Å². The van der Waals surface area contributed by atoms with Crippen LogP contribution in [0.4, 0.5) is 0 Å². The monoisotopic (exact) mass is 289 g/mol. The van der Waals surface area contributed by atoms with E-state index in [0.717, 1.165) is 32.1 Å². The van der Waals surface area contributed by atoms with Crippen LogP contribution in [-0.2, 0) is 0 Å². The van der Waals surface area contributed by atoms with Gasteiger partial charge in [0.1, 0.15) is 12.4 Å². The molecule has 0 heterocycles. The first-order valence-corrected chi connectivity index (χ1v) is 7.54. The number of hydrogen-bond acceptors (Lipinski definition) is 3. The zero-order valence-electron chi connectivity index (χ0n) is 12.3. The standard InChI is InChI=1S/C17H23NO3/c1-2-12-21-16-11-7-6-8-13(16)17(20)18-14-9-4-3-5-10-15(14)19/h2,6-8,11,14-15,19H,1,3-5,9-10,12H2,(H,18,20). The van der Waals surface area contributed by atoms with Crippen molar-refractivity contribution in [3.05, 3.63) is 42.5 Å². The van der Waals surface area contributed by atoms with Crippen LogP contribution in [0.15, 0.2) is 36.9 Å². The highest BCUT2D eigenvalue weighted by Crippen LogP contribution is 2.21. The molecule has 1 amide bonds. The summed E-state index contributed by atoms with van der Waals surface area (Å²) in [6, 6.07) is 6.96. The highest BCUT2D eigenvalue weighted by Gasteiger charge is 2.24. The zero-order chi connectivity index (χ0) is 15.1. The first kappa shape index (κ1) is 15.6. The number of rotatable bonds is 5. The van der Waals surface area contributed by atoms with Gasteiger partial charge in [-0.25, -0.2) is 0 Å². The Morgan fingerprint density at radius 2 is 2.10 bits per heavy atom. The number of aliphatic hydroxyl groups excluding tert-OH is 1. The molecule has 4 heteroatoms. The van der Waals surface area contributed by atoms with Crippen LogP contribution in [0.3, 0.4) is 0 Å². The van der Waals surface area contributed by atoms with Gasteiger partial charge in [-0.2, -0.15) is 0 Å². The lowest BCUT2D eigenvalue weighted by molar-refractivity contribution is 0.0815. The lowest BCUT2D eigenvalue weighted by Crippen LogP contribution is -2.42. The van der Waals surface area contributed by atoms with E-state index in [-0.39, 0.29) is 11.9 Å². The van der Waals surface area contributed by atoms with Gasteiger partial charge < -0.3 is 15.2 Å². The average Bonchev–Trinajstić information content (AvgIpc) is 2.70. The van der Waals surface area contributed by atoms with E-state index >= 15 is 0 Å². The summed E-state index contributed by atoms with van der Waals surface area (Å²) in [5.74, 6) is 0.346. The molecule has 2 unspecified atom stereocenters. The van der Waals surface area contributed by atoms with Gasteiger partial charge in [0, 0.05) is 0 Å². The van der Waals surface area contributed by atoms with Gasteiger partial charge in [-0.3, -0.25) is 4.79 Å². The minimum Gasteiger partial charge on any atom is -0.489 e. The molecule has 2 atom stereocenters. The van der Waals surface area contributed by atoms with Gasteiger partial charge in [0.2, 0.25) is 0 Å². The maximum Gasteiger partial charge on any atom is 0.255 e. The molecular formula is C17H23NO3. The maximum absolute atomic E-state index is 12.4. The number of aliphatic hydroxyl groups is 1. The minimum atomic E-state index is -0.460. The molecule has 0 saturated heterocycles. The van der Waals surface area contributed by atoms with Crippen molar-refractivity contribution in [1.82, 2.24) is 5.32 Å². The van der Waals surface area contributed by atoms with Gasteiger partial charge in [0.05, 0.1) is 17.7 Å². The predicted octanol–water partition coefficient (Wildman–Crippen LogP) is 2.67. The first-order valence-electron chi connectivity index (χ1n) is 7.54. The Morgan fingerprint density at radius 3 is 2.90 bits per heavy atom. The van der Waals surface area contributed by atoms with Crippen molar-refractivity contribution >= 4 is 5.91 Å². The number of benzene rings is 1. The van der Waals surface area contributed by atoms with E-state index < -0.39 is 6.10 Å². The van der Waals surface area contributed by atoms with E-state index in [0.29, 0.717) is 17.9 Å². The van der Waals surface area contributed by atoms with Gasteiger partial charge in [-0.1, -0.05) is 44.1 Å². The third-order valence-electron chi connectivity index (χ3n) is 3.78. The van der Waals surface area contributed by atoms with Crippen LogP contribution in [0.2, 0.25) is 0 Å². The molecule has 0 aliphatic heterocycles. The molecule has 2 rings (SSSR count). The van der Waals surface area contributed by atoms with Crippen LogP contribution < -0.4 is 10.1 Å². The van der Waals surface area contributed by atoms with Crippen LogP contribution in [0.1, 0.15) is 42.5 Å². The zero-order valence-corrected chi connectivity index (χ0v) is 12.3. The second-order valence-corrected chi connectivity index (χ2v) is 5.38. The fourth-order valence-electron chi connectivity index (χ4n) is 2.63. The molecule has 21 heavy (non-hydrogen) atoms. The second kappa shape index (κ2) is 7.84. The lowest BCUT2D eigenvalue weighted by atomic mass is 10.1. The van der Waals surface area contributed by atoms with Gasteiger partial charge in [-0.15, -0.1) is 0 Å². The molecule has 4 nitrogen and oxygen atoms in total. The van der Waals surface area contributed by atoms with E-state index in [4.69, 9.17) is 4.74 Å². The fraction of sp³-hybridized carbons (Fsp3) is 0.471. The second-order valence-electron chi connectivity index (χ2n) is 5.38. The van der Waals surface area contributed by atoms with Crippen LogP contribution in [0, 0.1) is 0 Å². The smallest absolute Gasteiger partial charge is 0.255 e. The van der Waals surface area contributed by atoms with E-state index in [1.54, 1.807) is 24.3 Å². The number of carbonyl (C=O) groups excluding carboxylic acids is 1. The Hall–Kier alpha value is -1.81. The Kier molecular flexibility index (Phi) is 5.81. The van der Waals surface area contributed by atoms with Crippen molar-refractivity contribution in [3.63, 3.8) is 0 Å². The molecule has 114 valence electrons. The van der Waals surface area contributed by atoms with Gasteiger partial charge in [0.15, 0.2) is 0 Å². The van der Waals surface area contributed by atoms with Crippen LogP contribution in [0.5, 0.6) is 5.75 Å². The van der Waals surface area contributed by atoms with Crippen molar-refractivity contribution in [2.75, 3.05) is 6.61 Å². The van der Waals surface area contributed by atoms with Crippen LogP contribution in [0.25, 0.3) is 0 Å². The van der Waals surface area contributed by atoms with Gasteiger partial charge in [0.25, 0.3) is 5.91 Å². The summed E-state index contributed by atoms with van der Waals surface area (Å²) >= 11 is 0. The van der Waals surface area contributed by atoms with Crippen molar-refractivity contribution < 1.29 is 14.6 Å². The number of carbonyl (C=O) groups is 1. The molecule has 1 aromatic carbocycles. The highest BCUT2D eigenvalue weighted by atomic mass is 16.5. The molecule has 1 aromatic rings. The fourth-order valence-corrected chi connectivity index (χ4v) is 2.63. The number of para-hydroxylation sites is 1. The number of hydrogen-bond donors (Lipinski definition) is 2.